The van der Waals surface area contributed by atoms with Gasteiger partial charge in [0, 0.05) is 28.9 Å². The van der Waals surface area contributed by atoms with Gasteiger partial charge in [0.1, 0.15) is 5.58 Å². The van der Waals surface area contributed by atoms with Gasteiger partial charge in [-0.2, -0.15) is 0 Å². The number of hydrogen-bond acceptors (Lipinski definition) is 2. The van der Waals surface area contributed by atoms with Gasteiger partial charge >= 0.3 is 0 Å². The zero-order valence-corrected chi connectivity index (χ0v) is 13.9. The van der Waals surface area contributed by atoms with Crippen molar-refractivity contribution < 1.29 is 4.42 Å². The first-order chi connectivity index (χ1) is 12.3. The van der Waals surface area contributed by atoms with Crippen molar-refractivity contribution in [2.75, 3.05) is 11.9 Å². The minimum atomic E-state index is 0.927. The third kappa shape index (κ3) is 2.11. The van der Waals surface area contributed by atoms with E-state index in [1.54, 1.807) is 0 Å². The van der Waals surface area contributed by atoms with Crippen LogP contribution in [-0.4, -0.2) is 7.05 Å². The predicted octanol–water partition coefficient (Wildman–Crippen LogP) is 6.51. The Balaban J connectivity index is 1.77. The Hall–Kier alpha value is -3.26. The Morgan fingerprint density at radius 2 is 1.24 bits per heavy atom. The summed E-state index contributed by atoms with van der Waals surface area (Å²) in [5.74, 6) is 0. The molecular weight excluding hydrogens is 306 g/mol. The van der Waals surface area contributed by atoms with Crippen molar-refractivity contribution >= 4 is 44.1 Å². The number of benzene rings is 4. The van der Waals surface area contributed by atoms with Gasteiger partial charge in [0.25, 0.3) is 0 Å². The molecule has 0 saturated carbocycles. The smallest absolute Gasteiger partial charge is 0.159 e. The second kappa shape index (κ2) is 5.38. The van der Waals surface area contributed by atoms with Crippen LogP contribution in [0.2, 0.25) is 0 Å². The lowest BCUT2D eigenvalue weighted by molar-refractivity contribution is 0.668. The molecule has 0 unspecified atom stereocenters. The molecule has 0 amide bonds. The van der Waals surface area contributed by atoms with Crippen LogP contribution >= 0.6 is 0 Å². The maximum Gasteiger partial charge on any atom is 0.159 e. The Labute approximate surface area is 145 Å². The average Bonchev–Trinajstić information content (AvgIpc) is 3.06. The van der Waals surface area contributed by atoms with Gasteiger partial charge in [-0.25, -0.2) is 0 Å². The van der Waals surface area contributed by atoms with Crippen LogP contribution < -0.4 is 4.90 Å². The minimum absolute atomic E-state index is 0.927. The monoisotopic (exact) mass is 323 g/mol. The first-order valence-electron chi connectivity index (χ1n) is 8.45. The van der Waals surface area contributed by atoms with E-state index in [1.807, 2.05) is 12.1 Å². The molecule has 1 aromatic heterocycles. The number of nitrogens with zero attached hydrogens (tertiary/aromatic N) is 1. The van der Waals surface area contributed by atoms with E-state index in [1.165, 1.54) is 16.5 Å². The summed E-state index contributed by atoms with van der Waals surface area (Å²) in [4.78, 5) is 2.22. The Morgan fingerprint density at radius 3 is 2.16 bits per heavy atom. The number of furan rings is 1. The summed E-state index contributed by atoms with van der Waals surface area (Å²) in [6.07, 6.45) is 0. The van der Waals surface area contributed by atoms with Crippen LogP contribution in [0.1, 0.15) is 0 Å². The van der Waals surface area contributed by atoms with E-state index in [2.05, 4.69) is 84.7 Å². The van der Waals surface area contributed by atoms with Gasteiger partial charge < -0.3 is 9.32 Å². The minimum Gasteiger partial charge on any atom is -0.454 e. The van der Waals surface area contributed by atoms with E-state index in [-0.39, 0.29) is 0 Å². The zero-order chi connectivity index (χ0) is 16.8. The maximum absolute atomic E-state index is 6.20. The van der Waals surface area contributed by atoms with Gasteiger partial charge in [0.05, 0.1) is 5.69 Å². The van der Waals surface area contributed by atoms with E-state index in [0.717, 1.165) is 27.6 Å². The van der Waals surface area contributed by atoms with Gasteiger partial charge in [-0.05, 0) is 23.6 Å². The molecule has 0 atom stereocenters. The fraction of sp³-hybridized carbons (Fsp3) is 0.0435. The molecular formula is C23H17NO. The molecule has 1 heterocycles. The molecule has 120 valence electrons. The maximum atomic E-state index is 6.20. The van der Waals surface area contributed by atoms with E-state index in [9.17, 15) is 0 Å². The summed E-state index contributed by atoms with van der Waals surface area (Å²) in [5, 5.41) is 4.79. The molecule has 2 heteroatoms. The van der Waals surface area contributed by atoms with Crippen LogP contribution in [0.25, 0.3) is 32.7 Å². The van der Waals surface area contributed by atoms with Crippen LogP contribution in [0.5, 0.6) is 0 Å². The van der Waals surface area contributed by atoms with Crippen LogP contribution in [0.4, 0.5) is 11.4 Å². The number of rotatable bonds is 2. The van der Waals surface area contributed by atoms with E-state index in [0.29, 0.717) is 0 Å². The summed E-state index contributed by atoms with van der Waals surface area (Å²) in [6, 6.07) is 29.4. The van der Waals surface area contributed by atoms with Crippen LogP contribution in [0, 0.1) is 0 Å². The molecule has 4 aromatic carbocycles. The Kier molecular flexibility index (Phi) is 3.04. The molecule has 0 aliphatic heterocycles. The number of anilines is 2. The average molecular weight is 323 g/mol. The third-order valence-electron chi connectivity index (χ3n) is 4.87. The van der Waals surface area contributed by atoms with Crippen LogP contribution in [0.3, 0.4) is 0 Å². The second-order valence-electron chi connectivity index (χ2n) is 6.31. The predicted molar refractivity (Wildman–Crippen MR) is 106 cm³/mol. The lowest BCUT2D eigenvalue weighted by Gasteiger charge is -2.21. The van der Waals surface area contributed by atoms with E-state index in [4.69, 9.17) is 4.42 Å². The van der Waals surface area contributed by atoms with Crippen LogP contribution in [0.15, 0.2) is 89.3 Å². The second-order valence-corrected chi connectivity index (χ2v) is 6.31. The molecule has 0 aliphatic rings. The van der Waals surface area contributed by atoms with Crippen molar-refractivity contribution in [1.82, 2.24) is 0 Å². The van der Waals surface area contributed by atoms with Crippen molar-refractivity contribution in [2.24, 2.45) is 0 Å². The van der Waals surface area contributed by atoms with Crippen molar-refractivity contribution in [3.63, 3.8) is 0 Å². The SMILES string of the molecule is CN(c1cccc2ccccc12)c1cccc2c1oc1ccccc12. The third-order valence-corrected chi connectivity index (χ3v) is 4.87. The molecule has 0 bridgehead atoms. The van der Waals surface area contributed by atoms with Crippen LogP contribution in [-0.2, 0) is 0 Å². The highest BCUT2D eigenvalue weighted by Gasteiger charge is 2.15. The van der Waals surface area contributed by atoms with E-state index >= 15 is 0 Å². The molecule has 25 heavy (non-hydrogen) atoms. The van der Waals surface area contributed by atoms with Crippen molar-refractivity contribution in [3.05, 3.63) is 84.9 Å². The largest absolute Gasteiger partial charge is 0.454 e. The molecule has 2 nitrogen and oxygen atoms in total. The van der Waals surface area contributed by atoms with Crippen molar-refractivity contribution in [1.29, 1.82) is 0 Å². The summed E-state index contributed by atoms with van der Waals surface area (Å²) >= 11 is 0. The number of fused-ring (bicyclic) bond motifs is 4. The van der Waals surface area contributed by atoms with Crippen molar-refractivity contribution in [3.8, 4) is 0 Å². The highest BCUT2D eigenvalue weighted by molar-refractivity contribution is 6.10. The summed E-state index contributed by atoms with van der Waals surface area (Å²) in [5.41, 5.74) is 4.10. The fourth-order valence-corrected chi connectivity index (χ4v) is 3.63. The van der Waals surface area contributed by atoms with E-state index < -0.39 is 0 Å². The summed E-state index contributed by atoms with van der Waals surface area (Å²) in [6.45, 7) is 0. The molecule has 5 rings (SSSR count). The number of hydrogen-bond donors (Lipinski definition) is 0. The van der Waals surface area contributed by atoms with Gasteiger partial charge in [-0.1, -0.05) is 66.7 Å². The molecule has 0 N–H and O–H groups in total. The lowest BCUT2D eigenvalue weighted by atomic mass is 10.1. The van der Waals surface area contributed by atoms with Gasteiger partial charge in [-0.15, -0.1) is 0 Å². The highest BCUT2D eigenvalue weighted by Crippen LogP contribution is 2.38. The Morgan fingerprint density at radius 1 is 0.600 bits per heavy atom. The first kappa shape index (κ1) is 14.1. The fourth-order valence-electron chi connectivity index (χ4n) is 3.63. The lowest BCUT2D eigenvalue weighted by Crippen LogP contribution is -2.10. The molecule has 0 saturated heterocycles. The quantitative estimate of drug-likeness (QED) is 0.368. The number of para-hydroxylation sites is 2. The normalized spacial score (nSPS) is 11.4. The Bertz CT molecular complexity index is 1210. The molecule has 0 spiro atoms. The summed E-state index contributed by atoms with van der Waals surface area (Å²) in [7, 11) is 2.10. The first-order valence-corrected chi connectivity index (χ1v) is 8.45. The molecule has 0 radical (unpaired) electrons. The standard InChI is InChI=1S/C23H17NO/c1-24(20-13-6-9-16-8-2-3-10-17(16)20)21-14-7-12-19-18-11-4-5-15-22(18)25-23(19)21/h2-15H,1H3. The molecule has 5 aromatic rings. The van der Waals surface area contributed by atoms with Crippen molar-refractivity contribution in [2.45, 2.75) is 0 Å². The topological polar surface area (TPSA) is 16.4 Å². The molecule has 0 aliphatic carbocycles. The molecule has 0 fully saturated rings. The van der Waals surface area contributed by atoms with Gasteiger partial charge in [-0.3, -0.25) is 0 Å². The zero-order valence-electron chi connectivity index (χ0n) is 13.9. The highest BCUT2D eigenvalue weighted by atomic mass is 16.3. The van der Waals surface area contributed by atoms with Gasteiger partial charge in [0.15, 0.2) is 5.58 Å². The summed E-state index contributed by atoms with van der Waals surface area (Å²) < 4.78 is 6.20. The van der Waals surface area contributed by atoms with Gasteiger partial charge in [0.2, 0.25) is 0 Å².